The van der Waals surface area contributed by atoms with E-state index in [1.165, 1.54) is 0 Å². The van der Waals surface area contributed by atoms with Crippen molar-refractivity contribution in [3.8, 4) is 0 Å². The van der Waals surface area contributed by atoms with Crippen molar-refractivity contribution in [1.29, 1.82) is 0 Å². The van der Waals surface area contributed by atoms with Crippen LogP contribution >= 0.6 is 0 Å². The molecule has 2 rings (SSSR count). The molecule has 0 aliphatic carbocycles. The third-order valence-electron chi connectivity index (χ3n) is 2.19. The predicted octanol–water partition coefficient (Wildman–Crippen LogP) is 0.889. The fourth-order valence-electron chi connectivity index (χ4n) is 1.56. The van der Waals surface area contributed by atoms with Gasteiger partial charge in [-0.25, -0.2) is 4.68 Å². The van der Waals surface area contributed by atoms with Crippen molar-refractivity contribution in [3.05, 3.63) is 24.0 Å². The zero-order valence-corrected chi connectivity index (χ0v) is 7.77. The topological polar surface area (TPSA) is 42.7 Å². The molecule has 0 fully saturated rings. The molecule has 0 amide bonds. The fraction of sp³-hybridized carbons (Fsp3) is 0.556. The minimum Gasteiger partial charge on any atom is -0.302 e. The molecule has 0 radical (unpaired) electrons. The van der Waals surface area contributed by atoms with Crippen molar-refractivity contribution in [2.75, 3.05) is 6.54 Å². The Labute approximate surface area is 77.6 Å². The average molecular weight is 178 g/mol. The number of nitrogens with zero attached hydrogens (tertiary/aromatic N) is 3. The van der Waals surface area contributed by atoms with E-state index in [1.807, 2.05) is 10.9 Å². The second-order valence-corrected chi connectivity index (χ2v) is 3.20. The molecule has 0 aromatic carbocycles. The third kappa shape index (κ3) is 1.62. The molecule has 0 saturated carbocycles. The van der Waals surface area contributed by atoms with Crippen LogP contribution in [0.4, 0.5) is 0 Å². The Morgan fingerprint density at radius 3 is 3.31 bits per heavy atom. The highest BCUT2D eigenvalue weighted by atomic mass is 15.4. The molecule has 1 aromatic rings. The molecule has 0 bridgehead atoms. The van der Waals surface area contributed by atoms with Crippen LogP contribution < -0.4 is 5.32 Å². The molecule has 4 heteroatoms. The molecular formula is C9H14N4. The lowest BCUT2D eigenvalue weighted by atomic mass is 10.2. The highest BCUT2D eigenvalue weighted by Gasteiger charge is 2.15. The Kier molecular flexibility index (Phi) is 2.40. The lowest BCUT2D eigenvalue weighted by molar-refractivity contribution is 0.529. The molecule has 1 N–H and O–H groups in total. The van der Waals surface area contributed by atoms with Gasteiger partial charge in [0, 0.05) is 13.1 Å². The number of hydrogen-bond donors (Lipinski definition) is 1. The van der Waals surface area contributed by atoms with E-state index in [2.05, 4.69) is 34.7 Å². The Balaban J connectivity index is 2.18. The summed E-state index contributed by atoms with van der Waals surface area (Å²) >= 11 is 0. The quantitative estimate of drug-likeness (QED) is 0.699. The number of hydrogen-bond acceptors (Lipinski definition) is 3. The summed E-state index contributed by atoms with van der Waals surface area (Å²) in [5.74, 6) is 0. The van der Waals surface area contributed by atoms with Gasteiger partial charge in [-0.1, -0.05) is 24.3 Å². The number of aryl methyl sites for hydroxylation is 1. The Bertz CT molecular complexity index is 302. The minimum atomic E-state index is 0.307. The molecule has 1 unspecified atom stereocenters. The number of rotatable bonds is 3. The zero-order valence-electron chi connectivity index (χ0n) is 7.77. The molecule has 2 heterocycles. The maximum absolute atomic E-state index is 4.04. The molecule has 0 saturated heterocycles. The first kappa shape index (κ1) is 8.44. The second-order valence-electron chi connectivity index (χ2n) is 3.20. The van der Waals surface area contributed by atoms with Crippen LogP contribution in [0.15, 0.2) is 18.3 Å². The van der Waals surface area contributed by atoms with Crippen LogP contribution in [0, 0.1) is 0 Å². The highest BCUT2D eigenvalue weighted by molar-refractivity contribution is 5.15. The van der Waals surface area contributed by atoms with Crippen molar-refractivity contribution in [2.24, 2.45) is 0 Å². The van der Waals surface area contributed by atoms with Crippen LogP contribution in [0.3, 0.4) is 0 Å². The molecule has 0 spiro atoms. The van der Waals surface area contributed by atoms with Crippen molar-refractivity contribution in [2.45, 2.75) is 25.9 Å². The monoisotopic (exact) mass is 178 g/mol. The third-order valence-corrected chi connectivity index (χ3v) is 2.19. The molecule has 1 atom stereocenters. The largest absolute Gasteiger partial charge is 0.302 e. The molecule has 1 aliphatic rings. The summed E-state index contributed by atoms with van der Waals surface area (Å²) in [5.41, 5.74) is 1.16. The van der Waals surface area contributed by atoms with E-state index in [-0.39, 0.29) is 0 Å². The van der Waals surface area contributed by atoms with Crippen LogP contribution in [0.2, 0.25) is 0 Å². The molecule has 4 nitrogen and oxygen atoms in total. The SMILES string of the molecule is CCCn1nncc1C1C=CCN1. The first-order valence-electron chi connectivity index (χ1n) is 4.70. The summed E-state index contributed by atoms with van der Waals surface area (Å²) in [5, 5.41) is 11.3. The van der Waals surface area contributed by atoms with Gasteiger partial charge in [-0.15, -0.1) is 5.10 Å². The number of aromatic nitrogens is 3. The van der Waals surface area contributed by atoms with Crippen LogP contribution in [0.25, 0.3) is 0 Å². The Hall–Kier alpha value is -1.16. The van der Waals surface area contributed by atoms with E-state index in [9.17, 15) is 0 Å². The van der Waals surface area contributed by atoms with E-state index < -0.39 is 0 Å². The summed E-state index contributed by atoms with van der Waals surface area (Å²) in [6.45, 7) is 4.03. The second kappa shape index (κ2) is 3.70. The van der Waals surface area contributed by atoms with Crippen molar-refractivity contribution < 1.29 is 0 Å². The lowest BCUT2D eigenvalue weighted by Gasteiger charge is -2.10. The summed E-state index contributed by atoms with van der Waals surface area (Å²) < 4.78 is 1.97. The molecule has 1 aliphatic heterocycles. The molecule has 1 aromatic heterocycles. The number of nitrogens with one attached hydrogen (secondary N) is 1. The van der Waals surface area contributed by atoms with Gasteiger partial charge in [0.15, 0.2) is 0 Å². The van der Waals surface area contributed by atoms with Gasteiger partial charge in [0.25, 0.3) is 0 Å². The standard InChI is InChI=1S/C9H14N4/c1-2-6-13-9(7-11-12-13)8-4-3-5-10-8/h3-4,7-8,10H,2,5-6H2,1H3. The maximum Gasteiger partial charge on any atom is 0.0795 e. The van der Waals surface area contributed by atoms with Gasteiger partial charge < -0.3 is 5.32 Å². The van der Waals surface area contributed by atoms with Gasteiger partial charge in [0.05, 0.1) is 17.9 Å². The molecular weight excluding hydrogens is 164 g/mol. The van der Waals surface area contributed by atoms with Gasteiger partial charge in [0.2, 0.25) is 0 Å². The first-order chi connectivity index (χ1) is 6.42. The molecule has 70 valence electrons. The van der Waals surface area contributed by atoms with E-state index >= 15 is 0 Å². The van der Waals surface area contributed by atoms with E-state index in [1.54, 1.807) is 0 Å². The Morgan fingerprint density at radius 1 is 1.69 bits per heavy atom. The van der Waals surface area contributed by atoms with Crippen molar-refractivity contribution in [1.82, 2.24) is 20.3 Å². The Morgan fingerprint density at radius 2 is 2.62 bits per heavy atom. The van der Waals surface area contributed by atoms with Crippen LogP contribution in [0.5, 0.6) is 0 Å². The first-order valence-corrected chi connectivity index (χ1v) is 4.70. The van der Waals surface area contributed by atoms with Crippen LogP contribution in [-0.2, 0) is 6.54 Å². The predicted molar refractivity (Wildman–Crippen MR) is 50.2 cm³/mol. The summed E-state index contributed by atoms with van der Waals surface area (Å²) in [6, 6.07) is 0.307. The van der Waals surface area contributed by atoms with Crippen molar-refractivity contribution >= 4 is 0 Å². The van der Waals surface area contributed by atoms with Crippen LogP contribution in [-0.4, -0.2) is 21.5 Å². The normalized spacial score (nSPS) is 21.2. The minimum absolute atomic E-state index is 0.307. The summed E-state index contributed by atoms with van der Waals surface area (Å²) in [7, 11) is 0. The average Bonchev–Trinajstić information content (AvgIpc) is 2.71. The summed E-state index contributed by atoms with van der Waals surface area (Å²) in [4.78, 5) is 0. The van der Waals surface area contributed by atoms with Gasteiger partial charge in [-0.05, 0) is 6.42 Å². The maximum atomic E-state index is 4.04. The zero-order chi connectivity index (χ0) is 9.10. The van der Waals surface area contributed by atoms with E-state index in [0.717, 1.165) is 25.2 Å². The summed E-state index contributed by atoms with van der Waals surface area (Å²) in [6.07, 6.45) is 7.22. The smallest absolute Gasteiger partial charge is 0.0795 e. The van der Waals surface area contributed by atoms with Crippen LogP contribution in [0.1, 0.15) is 25.1 Å². The highest BCUT2D eigenvalue weighted by Crippen LogP contribution is 2.16. The van der Waals surface area contributed by atoms with E-state index in [0.29, 0.717) is 6.04 Å². The van der Waals surface area contributed by atoms with Gasteiger partial charge in [-0.2, -0.15) is 0 Å². The van der Waals surface area contributed by atoms with Gasteiger partial charge in [0.1, 0.15) is 0 Å². The lowest BCUT2D eigenvalue weighted by Crippen LogP contribution is -2.18. The fourth-order valence-corrected chi connectivity index (χ4v) is 1.56. The van der Waals surface area contributed by atoms with E-state index in [4.69, 9.17) is 0 Å². The molecule has 13 heavy (non-hydrogen) atoms. The van der Waals surface area contributed by atoms with Gasteiger partial charge >= 0.3 is 0 Å². The van der Waals surface area contributed by atoms with Gasteiger partial charge in [-0.3, -0.25) is 0 Å². The van der Waals surface area contributed by atoms with Crippen molar-refractivity contribution in [3.63, 3.8) is 0 Å².